The van der Waals surface area contributed by atoms with Crippen LogP contribution in [-0.2, 0) is 10.2 Å². The molecule has 1 amide bonds. The highest BCUT2D eigenvalue weighted by Gasteiger charge is 2.48. The van der Waals surface area contributed by atoms with Gasteiger partial charge in [-0.05, 0) is 74.6 Å². The van der Waals surface area contributed by atoms with Crippen LogP contribution >= 0.6 is 0 Å². The normalized spacial score (nSPS) is 35.9. The Balaban J connectivity index is 1.34. The fourth-order valence-electron chi connectivity index (χ4n) is 6.68. The molecule has 3 aliphatic carbocycles. The Morgan fingerprint density at radius 3 is 2.64 bits per heavy atom. The number of nitrogens with one attached hydrogen (secondary N) is 1. The molecule has 1 aliphatic heterocycles. The molecule has 1 N–H and O–H groups in total. The third kappa shape index (κ3) is 2.54. The summed E-state index contributed by atoms with van der Waals surface area (Å²) in [7, 11) is 0. The number of likely N-dealkylation sites (tertiary alicyclic amines) is 1. The molecule has 25 heavy (non-hydrogen) atoms. The van der Waals surface area contributed by atoms with Crippen LogP contribution in [0.15, 0.2) is 24.3 Å². The second-order valence-corrected chi connectivity index (χ2v) is 9.10. The molecule has 3 fully saturated rings. The third-order valence-electron chi connectivity index (χ3n) is 7.80. The molecule has 5 rings (SSSR count). The van der Waals surface area contributed by atoms with Crippen LogP contribution < -0.4 is 5.32 Å². The maximum absolute atomic E-state index is 11.7. The highest BCUT2D eigenvalue weighted by molar-refractivity contribution is 5.73. The smallest absolute Gasteiger partial charge is 0.217 e. The lowest BCUT2D eigenvalue weighted by molar-refractivity contribution is -0.119. The minimum atomic E-state index is 0.0938. The fourth-order valence-corrected chi connectivity index (χ4v) is 6.68. The zero-order chi connectivity index (χ0) is 17.0. The van der Waals surface area contributed by atoms with Gasteiger partial charge in [-0.25, -0.2) is 0 Å². The maximum Gasteiger partial charge on any atom is 0.217 e. The van der Waals surface area contributed by atoms with Gasteiger partial charge in [0, 0.05) is 18.4 Å². The first kappa shape index (κ1) is 15.9. The van der Waals surface area contributed by atoms with Gasteiger partial charge in [-0.1, -0.05) is 30.7 Å². The number of hydrogen-bond acceptors (Lipinski definition) is 2. The molecule has 3 heteroatoms. The van der Waals surface area contributed by atoms with Gasteiger partial charge in [0.25, 0.3) is 0 Å². The van der Waals surface area contributed by atoms with E-state index < -0.39 is 0 Å². The molecule has 4 aliphatic rings. The van der Waals surface area contributed by atoms with Gasteiger partial charge in [0.1, 0.15) is 0 Å². The average molecular weight is 338 g/mol. The topological polar surface area (TPSA) is 32.3 Å². The Morgan fingerprint density at radius 2 is 1.96 bits per heavy atom. The first-order valence-corrected chi connectivity index (χ1v) is 10.3. The van der Waals surface area contributed by atoms with E-state index in [4.69, 9.17) is 0 Å². The van der Waals surface area contributed by atoms with E-state index in [-0.39, 0.29) is 17.4 Å². The molecule has 1 heterocycles. The molecular formula is C22H30N2O. The van der Waals surface area contributed by atoms with Crippen molar-refractivity contribution in [2.45, 2.75) is 69.4 Å². The molecule has 1 aromatic rings. The number of carbonyl (C=O) groups excluding carboxylic acids is 1. The second kappa shape index (κ2) is 5.84. The van der Waals surface area contributed by atoms with Crippen LogP contribution in [0.2, 0.25) is 0 Å². The summed E-state index contributed by atoms with van der Waals surface area (Å²) in [4.78, 5) is 14.5. The van der Waals surface area contributed by atoms with E-state index in [1.807, 2.05) is 0 Å². The van der Waals surface area contributed by atoms with Gasteiger partial charge in [0.15, 0.2) is 0 Å². The van der Waals surface area contributed by atoms with E-state index in [2.05, 4.69) is 34.5 Å². The lowest BCUT2D eigenvalue weighted by Gasteiger charge is -2.44. The third-order valence-corrected chi connectivity index (χ3v) is 7.80. The van der Waals surface area contributed by atoms with Crippen LogP contribution in [0.3, 0.4) is 0 Å². The predicted octanol–water partition coefficient (Wildman–Crippen LogP) is 3.79. The van der Waals surface area contributed by atoms with Crippen molar-refractivity contribution in [1.29, 1.82) is 0 Å². The van der Waals surface area contributed by atoms with Gasteiger partial charge < -0.3 is 10.2 Å². The Kier molecular flexibility index (Phi) is 3.70. The van der Waals surface area contributed by atoms with Crippen LogP contribution in [0.25, 0.3) is 0 Å². The van der Waals surface area contributed by atoms with Gasteiger partial charge >= 0.3 is 0 Å². The lowest BCUT2D eigenvalue weighted by Crippen LogP contribution is -2.48. The van der Waals surface area contributed by atoms with Crippen LogP contribution in [0.5, 0.6) is 0 Å². The standard InChI is InChI=1S/C22H30N2O/c1-15(25)23-20-14-22(19-5-3-2-4-18(19)20)8-10-24(11-9-22)21-13-16-6-7-17(21)12-16/h2-5,16-17,20-21H,6-14H2,1H3,(H,23,25). The summed E-state index contributed by atoms with van der Waals surface area (Å²) < 4.78 is 0. The number of hydrogen-bond donors (Lipinski definition) is 1. The highest BCUT2D eigenvalue weighted by atomic mass is 16.1. The highest BCUT2D eigenvalue weighted by Crippen LogP contribution is 2.53. The van der Waals surface area contributed by atoms with Crippen LogP contribution in [0.1, 0.15) is 69.0 Å². The number of amides is 1. The Bertz CT molecular complexity index is 676. The van der Waals surface area contributed by atoms with Crippen molar-refractivity contribution < 1.29 is 4.79 Å². The van der Waals surface area contributed by atoms with E-state index in [0.29, 0.717) is 0 Å². The summed E-state index contributed by atoms with van der Waals surface area (Å²) >= 11 is 0. The SMILES string of the molecule is CC(=O)NC1CC2(CCN(C3CC4CCC3C4)CC2)c2ccccc21. The molecule has 0 radical (unpaired) electrons. The molecule has 2 saturated carbocycles. The fraction of sp³-hybridized carbons (Fsp3) is 0.682. The first-order valence-electron chi connectivity index (χ1n) is 10.3. The Hall–Kier alpha value is -1.35. The van der Waals surface area contributed by atoms with Crippen molar-refractivity contribution in [3.8, 4) is 0 Å². The molecular weight excluding hydrogens is 308 g/mol. The summed E-state index contributed by atoms with van der Waals surface area (Å²) in [5.74, 6) is 2.11. The van der Waals surface area contributed by atoms with Gasteiger partial charge in [0.2, 0.25) is 5.91 Å². The molecule has 1 saturated heterocycles. The van der Waals surface area contributed by atoms with Gasteiger partial charge in [-0.2, -0.15) is 0 Å². The van der Waals surface area contributed by atoms with Gasteiger partial charge in [0.05, 0.1) is 6.04 Å². The quantitative estimate of drug-likeness (QED) is 0.890. The minimum Gasteiger partial charge on any atom is -0.349 e. The number of fused-ring (bicyclic) bond motifs is 4. The number of carbonyl (C=O) groups is 1. The first-order chi connectivity index (χ1) is 12.1. The number of rotatable bonds is 2. The maximum atomic E-state index is 11.7. The van der Waals surface area contributed by atoms with Crippen LogP contribution in [0, 0.1) is 11.8 Å². The van der Waals surface area contributed by atoms with Crippen molar-refractivity contribution in [2.24, 2.45) is 11.8 Å². The van der Waals surface area contributed by atoms with E-state index in [1.54, 1.807) is 6.92 Å². The van der Waals surface area contributed by atoms with Crippen LogP contribution in [-0.4, -0.2) is 29.9 Å². The summed E-state index contributed by atoms with van der Waals surface area (Å²) in [6.45, 7) is 4.13. The summed E-state index contributed by atoms with van der Waals surface area (Å²) in [5.41, 5.74) is 3.17. The minimum absolute atomic E-state index is 0.0938. The van der Waals surface area contributed by atoms with E-state index in [1.165, 1.54) is 62.7 Å². The summed E-state index contributed by atoms with van der Waals surface area (Å²) in [6, 6.07) is 9.94. The van der Waals surface area contributed by atoms with Gasteiger partial charge in [-0.15, -0.1) is 0 Å². The molecule has 3 nitrogen and oxygen atoms in total. The molecule has 134 valence electrons. The van der Waals surface area contributed by atoms with E-state index in [0.717, 1.165) is 24.3 Å². The summed E-state index contributed by atoms with van der Waals surface area (Å²) in [6.07, 6.45) is 9.54. The average Bonchev–Trinajstić information content (AvgIpc) is 3.31. The lowest BCUT2D eigenvalue weighted by atomic mass is 9.73. The van der Waals surface area contributed by atoms with Crippen LogP contribution in [0.4, 0.5) is 0 Å². The van der Waals surface area contributed by atoms with Crippen molar-refractivity contribution in [1.82, 2.24) is 10.2 Å². The molecule has 1 aromatic carbocycles. The van der Waals surface area contributed by atoms with Crippen molar-refractivity contribution >= 4 is 5.91 Å². The molecule has 4 atom stereocenters. The Labute approximate surface area is 151 Å². The number of nitrogens with zero attached hydrogens (tertiary/aromatic N) is 1. The molecule has 4 unspecified atom stereocenters. The molecule has 2 bridgehead atoms. The zero-order valence-electron chi connectivity index (χ0n) is 15.3. The number of benzene rings is 1. The second-order valence-electron chi connectivity index (χ2n) is 9.10. The molecule has 1 spiro atoms. The zero-order valence-corrected chi connectivity index (χ0v) is 15.3. The van der Waals surface area contributed by atoms with Crippen molar-refractivity contribution in [2.75, 3.05) is 13.1 Å². The van der Waals surface area contributed by atoms with E-state index >= 15 is 0 Å². The largest absolute Gasteiger partial charge is 0.349 e. The molecule has 0 aromatic heterocycles. The monoisotopic (exact) mass is 338 g/mol. The van der Waals surface area contributed by atoms with Gasteiger partial charge in [-0.3, -0.25) is 4.79 Å². The van der Waals surface area contributed by atoms with Crippen molar-refractivity contribution in [3.63, 3.8) is 0 Å². The summed E-state index contributed by atoms with van der Waals surface area (Å²) in [5, 5.41) is 3.21. The van der Waals surface area contributed by atoms with E-state index in [9.17, 15) is 4.79 Å². The Morgan fingerprint density at radius 1 is 1.16 bits per heavy atom. The number of piperidine rings is 1. The van der Waals surface area contributed by atoms with Crippen molar-refractivity contribution in [3.05, 3.63) is 35.4 Å². The predicted molar refractivity (Wildman–Crippen MR) is 99.3 cm³/mol.